The lowest BCUT2D eigenvalue weighted by molar-refractivity contribution is -0.148. The van der Waals surface area contributed by atoms with Gasteiger partial charge in [-0.05, 0) is 63.2 Å². The van der Waals surface area contributed by atoms with Gasteiger partial charge < -0.3 is 4.74 Å². The number of unbranched alkanes of at least 4 members (excludes halogenated alkanes) is 1. The van der Waals surface area contributed by atoms with E-state index in [-0.39, 0.29) is 11.9 Å². The molecule has 2 aliphatic carbocycles. The van der Waals surface area contributed by atoms with Crippen molar-refractivity contribution in [3.63, 3.8) is 0 Å². The second-order valence-corrected chi connectivity index (χ2v) is 6.60. The van der Waals surface area contributed by atoms with Gasteiger partial charge in [0.15, 0.2) is 0 Å². The summed E-state index contributed by atoms with van der Waals surface area (Å²) in [5, 5.41) is 0. The highest BCUT2D eigenvalue weighted by atomic mass is 16.5. The van der Waals surface area contributed by atoms with Crippen LogP contribution in [0.2, 0.25) is 0 Å². The molecule has 2 aliphatic rings. The summed E-state index contributed by atoms with van der Waals surface area (Å²) in [4.78, 5) is 11.9. The molecule has 2 unspecified atom stereocenters. The Labute approximate surface area is 118 Å². The normalized spacial score (nSPS) is 34.6. The highest BCUT2D eigenvalue weighted by molar-refractivity contribution is 5.72. The van der Waals surface area contributed by atoms with Crippen molar-refractivity contribution in [2.24, 2.45) is 23.7 Å². The van der Waals surface area contributed by atoms with Crippen molar-refractivity contribution in [2.45, 2.75) is 71.6 Å². The van der Waals surface area contributed by atoms with Gasteiger partial charge in [-0.15, -0.1) is 0 Å². The second kappa shape index (κ2) is 7.31. The lowest BCUT2D eigenvalue weighted by Gasteiger charge is -2.14. The molecule has 0 aromatic heterocycles. The summed E-state index contributed by atoms with van der Waals surface area (Å²) in [6, 6.07) is 0. The number of carbonyl (C=O) groups is 1. The molecule has 2 nitrogen and oxygen atoms in total. The highest BCUT2D eigenvalue weighted by Gasteiger charge is 2.37. The largest absolute Gasteiger partial charge is 0.466 e. The molecule has 4 atom stereocenters. The third-order valence-corrected chi connectivity index (χ3v) is 5.30. The number of rotatable bonds is 5. The molecule has 0 aliphatic heterocycles. The predicted molar refractivity (Wildman–Crippen MR) is 77.8 cm³/mol. The minimum absolute atomic E-state index is 0.0602. The maximum Gasteiger partial charge on any atom is 0.308 e. The van der Waals surface area contributed by atoms with E-state index in [1.807, 2.05) is 6.92 Å². The number of hydrogen-bond donors (Lipinski definition) is 0. The van der Waals surface area contributed by atoms with E-state index in [0.717, 1.165) is 30.6 Å². The Balaban J connectivity index is 1.80. The zero-order valence-electron chi connectivity index (χ0n) is 12.7. The first-order valence-electron chi connectivity index (χ1n) is 8.41. The van der Waals surface area contributed by atoms with Gasteiger partial charge in [0.2, 0.25) is 0 Å². The fraction of sp³-hybridized carbons (Fsp3) is 0.941. The highest BCUT2D eigenvalue weighted by Crippen LogP contribution is 2.46. The minimum atomic E-state index is 0.0602. The van der Waals surface area contributed by atoms with Crippen LogP contribution in [0.15, 0.2) is 0 Å². The van der Waals surface area contributed by atoms with Crippen LogP contribution in [0.3, 0.4) is 0 Å². The summed E-state index contributed by atoms with van der Waals surface area (Å²) in [5.41, 5.74) is 0. The summed E-state index contributed by atoms with van der Waals surface area (Å²) >= 11 is 0. The molecule has 2 rings (SSSR count). The fourth-order valence-corrected chi connectivity index (χ4v) is 4.24. The van der Waals surface area contributed by atoms with Gasteiger partial charge in [0.1, 0.15) is 0 Å². The topological polar surface area (TPSA) is 26.3 Å². The van der Waals surface area contributed by atoms with E-state index in [2.05, 4.69) is 6.92 Å². The van der Waals surface area contributed by atoms with Gasteiger partial charge in [-0.2, -0.15) is 0 Å². The molecule has 0 spiro atoms. The summed E-state index contributed by atoms with van der Waals surface area (Å²) in [7, 11) is 0. The standard InChI is InChI=1S/C17H30O2/c1-3-5-6-13-11-15-9-7-14(17(18)19-4-2)8-10-16(15)12-13/h13-16H,3-12H2,1-2H3/t13?,14?,15-,16+. The molecule has 0 radical (unpaired) electrons. The van der Waals surface area contributed by atoms with E-state index < -0.39 is 0 Å². The first kappa shape index (κ1) is 14.9. The Bertz CT molecular complexity index is 271. The molecule has 0 heterocycles. The zero-order chi connectivity index (χ0) is 13.7. The summed E-state index contributed by atoms with van der Waals surface area (Å²) in [6.07, 6.45) is 11.7. The first-order chi connectivity index (χ1) is 9.24. The molecule has 2 heteroatoms. The lowest BCUT2D eigenvalue weighted by atomic mass is 9.92. The molecular formula is C17H30O2. The maximum atomic E-state index is 11.9. The maximum absolute atomic E-state index is 11.9. The molecular weight excluding hydrogens is 236 g/mol. The van der Waals surface area contributed by atoms with Crippen molar-refractivity contribution in [1.29, 1.82) is 0 Å². The Morgan fingerprint density at radius 3 is 2.21 bits per heavy atom. The smallest absolute Gasteiger partial charge is 0.308 e. The summed E-state index contributed by atoms with van der Waals surface area (Å²) < 4.78 is 5.19. The van der Waals surface area contributed by atoms with Gasteiger partial charge >= 0.3 is 5.97 Å². The Kier molecular flexibility index (Phi) is 5.72. The molecule has 0 amide bonds. The van der Waals surface area contributed by atoms with Crippen LogP contribution in [0, 0.1) is 23.7 Å². The van der Waals surface area contributed by atoms with Crippen LogP contribution >= 0.6 is 0 Å². The number of hydrogen-bond acceptors (Lipinski definition) is 2. The average Bonchev–Trinajstić information content (AvgIpc) is 2.69. The van der Waals surface area contributed by atoms with Crippen LogP contribution in [0.25, 0.3) is 0 Å². The van der Waals surface area contributed by atoms with Crippen LogP contribution in [0.1, 0.15) is 71.6 Å². The number of esters is 1. The van der Waals surface area contributed by atoms with Crippen molar-refractivity contribution in [3.8, 4) is 0 Å². The predicted octanol–water partition coefficient (Wildman–Crippen LogP) is 4.57. The van der Waals surface area contributed by atoms with E-state index in [0.29, 0.717) is 6.61 Å². The monoisotopic (exact) mass is 266 g/mol. The molecule has 110 valence electrons. The second-order valence-electron chi connectivity index (χ2n) is 6.60. The van der Waals surface area contributed by atoms with Crippen molar-refractivity contribution >= 4 is 5.97 Å². The average molecular weight is 266 g/mol. The van der Waals surface area contributed by atoms with E-state index in [1.165, 1.54) is 44.9 Å². The fourth-order valence-electron chi connectivity index (χ4n) is 4.24. The van der Waals surface area contributed by atoms with Crippen LogP contribution < -0.4 is 0 Å². The number of ether oxygens (including phenoxy) is 1. The van der Waals surface area contributed by atoms with E-state index >= 15 is 0 Å². The third-order valence-electron chi connectivity index (χ3n) is 5.30. The number of carbonyl (C=O) groups excluding carboxylic acids is 1. The quantitative estimate of drug-likeness (QED) is 0.681. The lowest BCUT2D eigenvalue weighted by Crippen LogP contribution is -2.17. The van der Waals surface area contributed by atoms with E-state index in [1.54, 1.807) is 0 Å². The van der Waals surface area contributed by atoms with Crippen LogP contribution in [0.4, 0.5) is 0 Å². The number of fused-ring (bicyclic) bond motifs is 1. The van der Waals surface area contributed by atoms with Gasteiger partial charge in [0.05, 0.1) is 12.5 Å². The SMILES string of the molecule is CCCCC1C[C@H]2CCC(C(=O)OCC)CC[C@H]2C1. The zero-order valence-corrected chi connectivity index (χ0v) is 12.7. The van der Waals surface area contributed by atoms with Gasteiger partial charge in [0.25, 0.3) is 0 Å². The van der Waals surface area contributed by atoms with Crippen LogP contribution in [0.5, 0.6) is 0 Å². The van der Waals surface area contributed by atoms with E-state index in [4.69, 9.17) is 4.74 Å². The third kappa shape index (κ3) is 3.97. The van der Waals surface area contributed by atoms with Crippen molar-refractivity contribution in [1.82, 2.24) is 0 Å². The first-order valence-corrected chi connectivity index (χ1v) is 8.41. The molecule has 2 fully saturated rings. The molecule has 0 saturated heterocycles. The summed E-state index contributed by atoms with van der Waals surface area (Å²) in [5.74, 6) is 3.04. The molecule has 2 saturated carbocycles. The van der Waals surface area contributed by atoms with Crippen molar-refractivity contribution in [2.75, 3.05) is 6.61 Å². The van der Waals surface area contributed by atoms with E-state index in [9.17, 15) is 4.79 Å². The Morgan fingerprint density at radius 1 is 1.05 bits per heavy atom. The van der Waals surface area contributed by atoms with Crippen LogP contribution in [-0.2, 0) is 9.53 Å². The summed E-state index contributed by atoms with van der Waals surface area (Å²) in [6.45, 7) is 4.72. The molecule has 0 N–H and O–H groups in total. The Morgan fingerprint density at radius 2 is 1.68 bits per heavy atom. The van der Waals surface area contributed by atoms with Crippen molar-refractivity contribution < 1.29 is 9.53 Å². The molecule has 0 aromatic carbocycles. The molecule has 0 aromatic rings. The van der Waals surface area contributed by atoms with Gasteiger partial charge in [0, 0.05) is 0 Å². The minimum Gasteiger partial charge on any atom is -0.466 e. The Hall–Kier alpha value is -0.530. The molecule has 0 bridgehead atoms. The van der Waals surface area contributed by atoms with Crippen molar-refractivity contribution in [3.05, 3.63) is 0 Å². The molecule has 19 heavy (non-hydrogen) atoms. The van der Waals surface area contributed by atoms with Crippen LogP contribution in [-0.4, -0.2) is 12.6 Å². The van der Waals surface area contributed by atoms with Gasteiger partial charge in [-0.3, -0.25) is 4.79 Å². The van der Waals surface area contributed by atoms with Gasteiger partial charge in [-0.25, -0.2) is 0 Å². The van der Waals surface area contributed by atoms with Gasteiger partial charge in [-0.1, -0.05) is 26.2 Å².